The van der Waals surface area contributed by atoms with Gasteiger partial charge in [0.15, 0.2) is 0 Å². The van der Waals surface area contributed by atoms with Crippen molar-refractivity contribution in [3.05, 3.63) is 289 Å². The first kappa shape index (κ1) is 41.7. The highest BCUT2D eigenvalue weighted by molar-refractivity contribution is 6.21. The van der Waals surface area contributed by atoms with Crippen molar-refractivity contribution in [1.29, 1.82) is 0 Å². The third kappa shape index (κ3) is 8.75. The van der Waals surface area contributed by atoms with Gasteiger partial charge in [0.2, 0.25) is 0 Å². The van der Waals surface area contributed by atoms with Crippen molar-refractivity contribution in [2.75, 3.05) is 9.80 Å². The highest BCUT2D eigenvalue weighted by Gasteiger charge is 2.19. The third-order valence-electron chi connectivity index (χ3n) is 12.6. The molecular weight excluding hydrogens is 821 g/mol. The standard InChI is InChI=1S/C66H48N2/c1-5-17-49(18-6-1)29-31-51-33-41-57(42-34-51)68(58-43-35-52(36-44-58)32-30-50-19-7-2-8-20-50)60-47-39-54(40-48-60)66-63-27-15-13-25-61(63)65(62-26-14-16-28-64(62)66)53-37-45-59(46-38-53)67(55-21-9-3-10-22-55)56-23-11-4-12-24-56/h1-48H/b31-29+,32-30+. The lowest BCUT2D eigenvalue weighted by Crippen LogP contribution is -2.09. The molecule has 0 heterocycles. The van der Waals surface area contributed by atoms with E-state index in [0.29, 0.717) is 0 Å². The fraction of sp³-hybridized carbons (Fsp3) is 0. The summed E-state index contributed by atoms with van der Waals surface area (Å²) in [5.74, 6) is 0. The van der Waals surface area contributed by atoms with E-state index < -0.39 is 0 Å². The summed E-state index contributed by atoms with van der Waals surface area (Å²) in [6.45, 7) is 0. The Labute approximate surface area is 399 Å². The minimum atomic E-state index is 1.08. The van der Waals surface area contributed by atoms with E-state index in [1.807, 2.05) is 12.1 Å². The molecular formula is C66H48N2. The van der Waals surface area contributed by atoms with Crippen LogP contribution in [0.15, 0.2) is 267 Å². The first-order chi connectivity index (χ1) is 33.7. The van der Waals surface area contributed by atoms with E-state index in [-0.39, 0.29) is 0 Å². The maximum absolute atomic E-state index is 2.35. The highest BCUT2D eigenvalue weighted by atomic mass is 15.1. The third-order valence-corrected chi connectivity index (χ3v) is 12.6. The SMILES string of the molecule is C(=C\c1ccc(N(c2ccc(/C=C/c3ccccc3)cc2)c2ccc(-c3c4ccccc4c(-c4ccc(N(c5ccccc5)c5ccccc5)cc4)c4ccccc34)cc2)cc1)/c1ccccc1. The summed E-state index contributed by atoms with van der Waals surface area (Å²) in [6.07, 6.45) is 8.67. The van der Waals surface area contributed by atoms with Gasteiger partial charge in [0.1, 0.15) is 0 Å². The zero-order valence-electron chi connectivity index (χ0n) is 37.6. The molecule has 0 aliphatic heterocycles. The van der Waals surface area contributed by atoms with Crippen LogP contribution in [0.2, 0.25) is 0 Å². The van der Waals surface area contributed by atoms with E-state index in [1.165, 1.54) is 54.9 Å². The molecule has 0 fully saturated rings. The first-order valence-electron chi connectivity index (χ1n) is 23.2. The molecule has 0 aliphatic carbocycles. The number of nitrogens with zero attached hydrogens (tertiary/aromatic N) is 2. The van der Waals surface area contributed by atoms with Gasteiger partial charge in [-0.05, 0) is 139 Å². The van der Waals surface area contributed by atoms with E-state index in [2.05, 4.69) is 289 Å². The second-order valence-electron chi connectivity index (χ2n) is 16.9. The molecule has 0 atom stereocenters. The molecule has 0 saturated carbocycles. The average molecular weight is 869 g/mol. The first-order valence-corrected chi connectivity index (χ1v) is 23.2. The van der Waals surface area contributed by atoms with Crippen LogP contribution in [0.25, 0.3) is 68.1 Å². The predicted octanol–water partition coefficient (Wildman–Crippen LogP) is 18.6. The van der Waals surface area contributed by atoms with Gasteiger partial charge in [-0.15, -0.1) is 0 Å². The summed E-state index contributed by atoms with van der Waals surface area (Å²) in [5, 5.41) is 4.91. The van der Waals surface area contributed by atoms with Crippen LogP contribution in [-0.2, 0) is 0 Å². The van der Waals surface area contributed by atoms with E-state index in [1.54, 1.807) is 0 Å². The predicted molar refractivity (Wildman–Crippen MR) is 292 cm³/mol. The summed E-state index contributed by atoms with van der Waals surface area (Å²) >= 11 is 0. The summed E-state index contributed by atoms with van der Waals surface area (Å²) in [4.78, 5) is 4.66. The number of para-hydroxylation sites is 2. The second kappa shape index (κ2) is 19.2. The molecule has 0 aromatic heterocycles. The Morgan fingerprint density at radius 1 is 0.191 bits per heavy atom. The van der Waals surface area contributed by atoms with Gasteiger partial charge in [0.05, 0.1) is 0 Å². The molecule has 0 saturated heterocycles. The normalized spacial score (nSPS) is 11.4. The molecule has 0 unspecified atom stereocenters. The monoisotopic (exact) mass is 868 g/mol. The van der Waals surface area contributed by atoms with Crippen molar-refractivity contribution in [2.24, 2.45) is 0 Å². The zero-order valence-corrected chi connectivity index (χ0v) is 37.6. The van der Waals surface area contributed by atoms with E-state index in [0.717, 1.165) is 45.3 Å². The van der Waals surface area contributed by atoms with Gasteiger partial charge in [-0.2, -0.15) is 0 Å². The molecule has 11 aromatic carbocycles. The summed E-state index contributed by atoms with van der Waals surface area (Å²) < 4.78 is 0. The van der Waals surface area contributed by atoms with Gasteiger partial charge < -0.3 is 9.80 Å². The van der Waals surface area contributed by atoms with Gasteiger partial charge in [-0.1, -0.05) is 218 Å². The Balaban J connectivity index is 0.966. The van der Waals surface area contributed by atoms with Crippen LogP contribution in [0, 0.1) is 0 Å². The Bertz CT molecular complexity index is 3300. The Morgan fingerprint density at radius 2 is 0.412 bits per heavy atom. The second-order valence-corrected chi connectivity index (χ2v) is 16.9. The van der Waals surface area contributed by atoms with Gasteiger partial charge in [0, 0.05) is 34.1 Å². The van der Waals surface area contributed by atoms with Crippen LogP contribution in [0.4, 0.5) is 34.1 Å². The summed E-state index contributed by atoms with van der Waals surface area (Å²) in [7, 11) is 0. The number of hydrogen-bond acceptors (Lipinski definition) is 2. The Morgan fingerprint density at radius 3 is 0.706 bits per heavy atom. The molecule has 2 heteroatoms. The van der Waals surface area contributed by atoms with Crippen molar-refractivity contribution in [3.63, 3.8) is 0 Å². The van der Waals surface area contributed by atoms with E-state index >= 15 is 0 Å². The molecule has 322 valence electrons. The molecule has 0 radical (unpaired) electrons. The van der Waals surface area contributed by atoms with Crippen molar-refractivity contribution in [1.82, 2.24) is 0 Å². The molecule has 0 spiro atoms. The van der Waals surface area contributed by atoms with Crippen LogP contribution in [0.1, 0.15) is 22.3 Å². The molecule has 2 nitrogen and oxygen atoms in total. The Hall–Kier alpha value is -8.98. The fourth-order valence-corrected chi connectivity index (χ4v) is 9.34. The zero-order chi connectivity index (χ0) is 45.5. The van der Waals surface area contributed by atoms with Crippen molar-refractivity contribution >= 4 is 80.0 Å². The lowest BCUT2D eigenvalue weighted by atomic mass is 9.86. The quantitative estimate of drug-likeness (QED) is 0.0892. The minimum Gasteiger partial charge on any atom is -0.311 e. The largest absolute Gasteiger partial charge is 0.311 e. The number of anilines is 6. The molecule has 11 aromatic rings. The number of fused-ring (bicyclic) bond motifs is 2. The van der Waals surface area contributed by atoms with Gasteiger partial charge >= 0.3 is 0 Å². The molecule has 0 N–H and O–H groups in total. The van der Waals surface area contributed by atoms with Crippen molar-refractivity contribution < 1.29 is 0 Å². The van der Waals surface area contributed by atoms with Crippen LogP contribution in [-0.4, -0.2) is 0 Å². The molecule has 0 aliphatic rings. The lowest BCUT2D eigenvalue weighted by Gasteiger charge is -2.26. The number of rotatable bonds is 12. The minimum absolute atomic E-state index is 1.08. The highest BCUT2D eigenvalue weighted by Crippen LogP contribution is 2.45. The van der Waals surface area contributed by atoms with Crippen LogP contribution in [0.5, 0.6) is 0 Å². The Kier molecular flexibility index (Phi) is 11.8. The van der Waals surface area contributed by atoms with E-state index in [4.69, 9.17) is 0 Å². The topological polar surface area (TPSA) is 6.48 Å². The van der Waals surface area contributed by atoms with Gasteiger partial charge in [-0.3, -0.25) is 0 Å². The van der Waals surface area contributed by atoms with Crippen molar-refractivity contribution in [3.8, 4) is 22.3 Å². The summed E-state index contributed by atoms with van der Waals surface area (Å²) in [6, 6.07) is 95.7. The van der Waals surface area contributed by atoms with Crippen LogP contribution < -0.4 is 9.80 Å². The smallest absolute Gasteiger partial charge is 0.0462 e. The molecule has 0 bridgehead atoms. The fourth-order valence-electron chi connectivity index (χ4n) is 9.34. The average Bonchev–Trinajstić information content (AvgIpc) is 3.41. The molecule has 11 rings (SSSR count). The lowest BCUT2D eigenvalue weighted by molar-refractivity contribution is 1.28. The molecule has 0 amide bonds. The number of benzene rings is 11. The van der Waals surface area contributed by atoms with Crippen molar-refractivity contribution in [2.45, 2.75) is 0 Å². The number of hydrogen-bond donors (Lipinski definition) is 0. The van der Waals surface area contributed by atoms with Gasteiger partial charge in [-0.25, -0.2) is 0 Å². The van der Waals surface area contributed by atoms with Crippen LogP contribution >= 0.6 is 0 Å². The maximum atomic E-state index is 2.35. The van der Waals surface area contributed by atoms with Crippen LogP contribution in [0.3, 0.4) is 0 Å². The summed E-state index contributed by atoms with van der Waals surface area (Å²) in [5.41, 5.74) is 16.1. The maximum Gasteiger partial charge on any atom is 0.0462 e. The van der Waals surface area contributed by atoms with E-state index in [9.17, 15) is 0 Å². The van der Waals surface area contributed by atoms with Gasteiger partial charge in [0.25, 0.3) is 0 Å². The molecule has 68 heavy (non-hydrogen) atoms.